The second-order valence-electron chi connectivity index (χ2n) is 7.42. The second-order valence-corrected chi connectivity index (χ2v) is 8.44. The van der Waals surface area contributed by atoms with Crippen LogP contribution in [0.25, 0.3) is 11.2 Å². The Hall–Kier alpha value is -4.12. The Balaban J connectivity index is 1.28. The number of aromatic nitrogens is 4. The van der Waals surface area contributed by atoms with E-state index < -0.39 is 5.97 Å². The summed E-state index contributed by atoms with van der Waals surface area (Å²) < 4.78 is 12.5. The van der Waals surface area contributed by atoms with E-state index in [9.17, 15) is 9.59 Å². The number of nitrogens with zero attached hydrogens (tertiary/aromatic N) is 4. The van der Waals surface area contributed by atoms with Gasteiger partial charge in [-0.15, -0.1) is 11.8 Å². The van der Waals surface area contributed by atoms with Crippen LogP contribution in [0.1, 0.15) is 16.8 Å². The van der Waals surface area contributed by atoms with Crippen LogP contribution in [-0.4, -0.2) is 50.9 Å². The Morgan fingerprint density at radius 2 is 1.97 bits per heavy atom. The molecule has 0 bridgehead atoms. The van der Waals surface area contributed by atoms with Crippen molar-refractivity contribution in [1.82, 2.24) is 19.5 Å². The van der Waals surface area contributed by atoms with Gasteiger partial charge in [0.05, 0.1) is 31.4 Å². The number of nitrogens with one attached hydrogen (secondary N) is 1. The van der Waals surface area contributed by atoms with E-state index in [4.69, 9.17) is 15.2 Å². The summed E-state index contributed by atoms with van der Waals surface area (Å²) in [5, 5.41) is 2.83. The highest BCUT2D eigenvalue weighted by atomic mass is 32.2. The van der Waals surface area contributed by atoms with Crippen LogP contribution in [0.15, 0.2) is 66.1 Å². The smallest absolute Gasteiger partial charge is 0.339 e. The van der Waals surface area contributed by atoms with E-state index in [0.717, 1.165) is 0 Å². The van der Waals surface area contributed by atoms with Crippen LogP contribution in [0.2, 0.25) is 0 Å². The van der Waals surface area contributed by atoms with Crippen molar-refractivity contribution in [2.24, 2.45) is 0 Å². The van der Waals surface area contributed by atoms with Crippen molar-refractivity contribution >= 4 is 46.3 Å². The van der Waals surface area contributed by atoms with Gasteiger partial charge in [0.1, 0.15) is 17.6 Å². The summed E-state index contributed by atoms with van der Waals surface area (Å²) in [6, 6.07) is 14.2. The predicted molar refractivity (Wildman–Crippen MR) is 133 cm³/mol. The lowest BCUT2D eigenvalue weighted by Crippen LogP contribution is -2.15. The Labute approximate surface area is 205 Å². The minimum absolute atomic E-state index is 0.139. The standard InChI is InChI=1S/C24H24N6O4S/c1-33-17-7-4-6-16(12-17)29-20(31)13-35-19-9-3-2-8-18(19)24(32)34-11-5-10-30-15-28-21-22(25)26-14-27-23(21)30/h2-4,6-9,12,14-15H,5,10-11,13H2,1H3,(H,29,31)(H2,25,26,27). The summed E-state index contributed by atoms with van der Waals surface area (Å²) in [6.07, 6.45) is 3.60. The molecule has 0 saturated heterocycles. The molecule has 4 aromatic rings. The monoisotopic (exact) mass is 492 g/mol. The van der Waals surface area contributed by atoms with E-state index in [2.05, 4.69) is 20.3 Å². The molecule has 3 N–H and O–H groups in total. The molecule has 2 heterocycles. The van der Waals surface area contributed by atoms with Crippen LogP contribution >= 0.6 is 11.8 Å². The second kappa shape index (κ2) is 11.3. The number of amides is 1. The van der Waals surface area contributed by atoms with Gasteiger partial charge in [-0.2, -0.15) is 0 Å². The molecule has 10 nitrogen and oxygen atoms in total. The fourth-order valence-corrected chi connectivity index (χ4v) is 4.18. The number of fused-ring (bicyclic) bond motifs is 1. The summed E-state index contributed by atoms with van der Waals surface area (Å²) >= 11 is 1.27. The molecule has 0 aliphatic heterocycles. The first-order valence-electron chi connectivity index (χ1n) is 10.8. The molecule has 2 aromatic carbocycles. The molecule has 2 aromatic heterocycles. The van der Waals surface area contributed by atoms with E-state index in [1.165, 1.54) is 18.1 Å². The van der Waals surface area contributed by atoms with E-state index in [0.29, 0.717) is 51.8 Å². The van der Waals surface area contributed by atoms with Crippen LogP contribution in [-0.2, 0) is 16.1 Å². The quantitative estimate of drug-likeness (QED) is 0.194. The summed E-state index contributed by atoms with van der Waals surface area (Å²) in [5.41, 5.74) is 8.05. The third kappa shape index (κ3) is 6.07. The number of aryl methyl sites for hydroxylation is 1. The molecule has 35 heavy (non-hydrogen) atoms. The number of carbonyl (C=O) groups is 2. The highest BCUT2D eigenvalue weighted by Crippen LogP contribution is 2.24. The minimum atomic E-state index is -0.441. The third-order valence-electron chi connectivity index (χ3n) is 5.03. The summed E-state index contributed by atoms with van der Waals surface area (Å²) in [7, 11) is 1.57. The van der Waals surface area contributed by atoms with Gasteiger partial charge in [-0.3, -0.25) is 4.79 Å². The summed E-state index contributed by atoms with van der Waals surface area (Å²) in [4.78, 5) is 38.1. The Bertz CT molecular complexity index is 1340. The molecule has 1 amide bonds. The molecule has 0 aliphatic carbocycles. The number of hydrogen-bond acceptors (Lipinski definition) is 9. The molecule has 0 fully saturated rings. The number of nitrogen functional groups attached to an aromatic ring is 1. The number of methoxy groups -OCH3 is 1. The van der Waals surface area contributed by atoms with Crippen molar-refractivity contribution in [3.05, 3.63) is 66.7 Å². The number of nitrogens with two attached hydrogens (primary N) is 1. The van der Waals surface area contributed by atoms with Gasteiger partial charge in [0, 0.05) is 23.2 Å². The zero-order valence-corrected chi connectivity index (χ0v) is 19.8. The van der Waals surface area contributed by atoms with Crippen LogP contribution in [0.3, 0.4) is 0 Å². The van der Waals surface area contributed by atoms with Crippen molar-refractivity contribution in [3.8, 4) is 5.75 Å². The minimum Gasteiger partial charge on any atom is -0.497 e. The highest BCUT2D eigenvalue weighted by molar-refractivity contribution is 8.00. The number of esters is 1. The normalized spacial score (nSPS) is 10.8. The predicted octanol–water partition coefficient (Wildman–Crippen LogP) is 3.40. The summed E-state index contributed by atoms with van der Waals surface area (Å²) in [5.74, 6) is 0.487. The highest BCUT2D eigenvalue weighted by Gasteiger charge is 2.15. The molecule has 0 unspecified atom stereocenters. The average molecular weight is 493 g/mol. The number of thioether (sulfide) groups is 1. The first-order valence-corrected chi connectivity index (χ1v) is 11.8. The first-order chi connectivity index (χ1) is 17.0. The van der Waals surface area contributed by atoms with E-state index in [1.54, 1.807) is 55.9 Å². The maximum absolute atomic E-state index is 12.7. The maximum atomic E-state index is 12.7. The van der Waals surface area contributed by atoms with Gasteiger partial charge in [-0.25, -0.2) is 19.7 Å². The van der Waals surface area contributed by atoms with Gasteiger partial charge in [0.2, 0.25) is 5.91 Å². The molecular formula is C24H24N6O4S. The fraction of sp³-hybridized carbons (Fsp3) is 0.208. The van der Waals surface area contributed by atoms with Crippen LogP contribution in [0.5, 0.6) is 5.75 Å². The van der Waals surface area contributed by atoms with Crippen molar-refractivity contribution < 1.29 is 19.1 Å². The van der Waals surface area contributed by atoms with Crippen LogP contribution in [0, 0.1) is 0 Å². The number of carbonyl (C=O) groups excluding carboxylic acids is 2. The van der Waals surface area contributed by atoms with Gasteiger partial charge in [-0.1, -0.05) is 18.2 Å². The molecule has 0 spiro atoms. The number of anilines is 2. The number of imidazole rings is 1. The average Bonchev–Trinajstić information content (AvgIpc) is 3.30. The van der Waals surface area contributed by atoms with E-state index in [-0.39, 0.29) is 18.3 Å². The number of rotatable bonds is 10. The Kier molecular flexibility index (Phi) is 7.78. The lowest BCUT2D eigenvalue weighted by molar-refractivity contribution is -0.113. The van der Waals surface area contributed by atoms with Gasteiger partial charge < -0.3 is 25.1 Å². The lowest BCUT2D eigenvalue weighted by Gasteiger charge is -2.10. The molecule has 11 heteroatoms. The fourth-order valence-electron chi connectivity index (χ4n) is 3.34. The van der Waals surface area contributed by atoms with E-state index >= 15 is 0 Å². The van der Waals surface area contributed by atoms with Gasteiger partial charge in [-0.05, 0) is 30.7 Å². The van der Waals surface area contributed by atoms with Crippen molar-refractivity contribution in [3.63, 3.8) is 0 Å². The Morgan fingerprint density at radius 1 is 1.11 bits per heavy atom. The van der Waals surface area contributed by atoms with Crippen molar-refractivity contribution in [1.29, 1.82) is 0 Å². The molecule has 0 saturated carbocycles. The molecule has 0 aliphatic rings. The molecule has 0 atom stereocenters. The zero-order valence-electron chi connectivity index (χ0n) is 19.0. The molecule has 180 valence electrons. The topological polar surface area (TPSA) is 134 Å². The number of ether oxygens (including phenoxy) is 2. The molecule has 4 rings (SSSR count). The SMILES string of the molecule is COc1cccc(NC(=O)CSc2ccccc2C(=O)OCCCn2cnc3c(N)ncnc32)c1. The third-order valence-corrected chi connectivity index (χ3v) is 6.10. The van der Waals surface area contributed by atoms with Gasteiger partial charge in [0.15, 0.2) is 11.5 Å². The van der Waals surface area contributed by atoms with Gasteiger partial charge in [0.25, 0.3) is 0 Å². The molecular weight excluding hydrogens is 468 g/mol. The maximum Gasteiger partial charge on any atom is 0.339 e. The first kappa shape index (κ1) is 24.0. The van der Waals surface area contributed by atoms with Crippen LogP contribution in [0.4, 0.5) is 11.5 Å². The lowest BCUT2D eigenvalue weighted by atomic mass is 10.2. The Morgan fingerprint density at radius 3 is 2.83 bits per heavy atom. The van der Waals surface area contributed by atoms with Crippen LogP contribution < -0.4 is 15.8 Å². The largest absolute Gasteiger partial charge is 0.497 e. The number of benzene rings is 2. The molecule has 0 radical (unpaired) electrons. The van der Waals surface area contributed by atoms with E-state index in [1.807, 2.05) is 10.6 Å². The summed E-state index contributed by atoms with van der Waals surface area (Å²) in [6.45, 7) is 0.773. The number of hydrogen-bond donors (Lipinski definition) is 2. The zero-order chi connectivity index (χ0) is 24.6. The van der Waals surface area contributed by atoms with Crippen molar-refractivity contribution in [2.45, 2.75) is 17.9 Å². The van der Waals surface area contributed by atoms with Gasteiger partial charge >= 0.3 is 5.97 Å². The van der Waals surface area contributed by atoms with Crippen molar-refractivity contribution in [2.75, 3.05) is 30.5 Å².